The van der Waals surface area contributed by atoms with Crippen molar-refractivity contribution in [2.24, 2.45) is 0 Å². The van der Waals surface area contributed by atoms with E-state index in [4.69, 9.17) is 4.74 Å². The molecule has 0 aromatic heterocycles. The second kappa shape index (κ2) is 7.29. The van der Waals surface area contributed by atoms with Gasteiger partial charge in [0, 0.05) is 26.2 Å². The van der Waals surface area contributed by atoms with Gasteiger partial charge in [0.05, 0.1) is 30.8 Å². The van der Waals surface area contributed by atoms with Gasteiger partial charge in [-0.3, -0.25) is 9.69 Å². The topological polar surface area (TPSA) is 53.0 Å². The van der Waals surface area contributed by atoms with Crippen LogP contribution in [0, 0.1) is 0 Å². The number of β-amino-alcohol motifs (C(OH)–C–C–N with tert-alkyl or cyclic N) is 1. The molecule has 1 unspecified atom stereocenters. The number of carbonyl (C=O) groups excluding carboxylic acids is 1. The Balaban J connectivity index is 1.47. The van der Waals surface area contributed by atoms with E-state index in [2.05, 4.69) is 17.0 Å². The van der Waals surface area contributed by atoms with Crippen molar-refractivity contribution in [1.82, 2.24) is 9.80 Å². The van der Waals surface area contributed by atoms with Crippen molar-refractivity contribution >= 4 is 5.91 Å². The number of morpholine rings is 1. The van der Waals surface area contributed by atoms with E-state index in [0.717, 1.165) is 57.6 Å². The molecule has 1 amide bonds. The summed E-state index contributed by atoms with van der Waals surface area (Å²) < 4.78 is 5.40. The molecule has 1 aromatic carbocycles. The predicted molar refractivity (Wildman–Crippen MR) is 100.0 cm³/mol. The molecular weight excluding hydrogens is 328 g/mol. The number of amides is 1. The second-order valence-corrected chi connectivity index (χ2v) is 8.24. The van der Waals surface area contributed by atoms with Crippen molar-refractivity contribution in [2.45, 2.75) is 43.1 Å². The van der Waals surface area contributed by atoms with Gasteiger partial charge in [-0.15, -0.1) is 0 Å². The summed E-state index contributed by atoms with van der Waals surface area (Å²) in [5, 5.41) is 11.1. The monoisotopic (exact) mass is 358 g/mol. The van der Waals surface area contributed by atoms with Crippen LogP contribution in [0.1, 0.15) is 37.7 Å². The highest BCUT2D eigenvalue weighted by molar-refractivity contribution is 5.89. The van der Waals surface area contributed by atoms with Gasteiger partial charge in [0.1, 0.15) is 0 Å². The molecule has 1 N–H and O–H groups in total. The SMILES string of the molecule is O=C(N1CCC(O)(CN2CCOCC2)C1)C1(c2ccccc2)CCCC1. The number of nitrogens with zero attached hydrogens (tertiary/aromatic N) is 2. The molecule has 2 heterocycles. The molecular formula is C21H30N2O3. The van der Waals surface area contributed by atoms with Crippen molar-refractivity contribution in [3.8, 4) is 0 Å². The minimum atomic E-state index is -0.788. The molecule has 26 heavy (non-hydrogen) atoms. The first-order valence-corrected chi connectivity index (χ1v) is 9.99. The average molecular weight is 358 g/mol. The van der Waals surface area contributed by atoms with E-state index < -0.39 is 5.60 Å². The Morgan fingerprint density at radius 3 is 2.42 bits per heavy atom. The molecule has 2 saturated heterocycles. The van der Waals surface area contributed by atoms with Gasteiger partial charge in [-0.05, 0) is 24.8 Å². The Morgan fingerprint density at radius 2 is 1.73 bits per heavy atom. The van der Waals surface area contributed by atoms with Crippen LogP contribution in [0.4, 0.5) is 0 Å². The summed E-state index contributed by atoms with van der Waals surface area (Å²) in [5.41, 5.74) is -0.0271. The van der Waals surface area contributed by atoms with Crippen LogP contribution in [0.15, 0.2) is 30.3 Å². The molecule has 1 aliphatic carbocycles. The van der Waals surface area contributed by atoms with Gasteiger partial charge in [-0.25, -0.2) is 0 Å². The molecule has 0 bridgehead atoms. The molecule has 4 rings (SSSR count). The summed E-state index contributed by atoms with van der Waals surface area (Å²) in [6, 6.07) is 10.3. The van der Waals surface area contributed by atoms with E-state index in [1.807, 2.05) is 23.1 Å². The fourth-order valence-electron chi connectivity index (χ4n) is 5.00. The number of hydrogen-bond acceptors (Lipinski definition) is 4. The maximum Gasteiger partial charge on any atom is 0.233 e. The lowest BCUT2D eigenvalue weighted by atomic mass is 9.77. The lowest BCUT2D eigenvalue weighted by Gasteiger charge is -2.35. The summed E-state index contributed by atoms with van der Waals surface area (Å²) >= 11 is 0. The van der Waals surface area contributed by atoms with Crippen LogP contribution in [0.5, 0.6) is 0 Å². The van der Waals surface area contributed by atoms with Crippen LogP contribution in [-0.4, -0.2) is 72.4 Å². The largest absolute Gasteiger partial charge is 0.387 e. The first kappa shape index (κ1) is 18.0. The standard InChI is InChI=1S/C21H30N2O3/c24-19(21(8-4-5-9-21)18-6-2-1-3-7-18)23-11-10-20(25,17-23)16-22-12-14-26-15-13-22/h1-3,6-7,25H,4-5,8-17H2. The lowest BCUT2D eigenvalue weighted by Crippen LogP contribution is -2.51. The van der Waals surface area contributed by atoms with Gasteiger partial charge in [0.15, 0.2) is 0 Å². The highest BCUT2D eigenvalue weighted by Crippen LogP contribution is 2.43. The third-order valence-corrected chi connectivity index (χ3v) is 6.43. The van der Waals surface area contributed by atoms with E-state index in [1.54, 1.807) is 0 Å². The molecule has 2 aliphatic heterocycles. The number of ether oxygens (including phenoxy) is 1. The van der Waals surface area contributed by atoms with Crippen LogP contribution in [0.25, 0.3) is 0 Å². The summed E-state index contributed by atoms with van der Waals surface area (Å²) in [5.74, 6) is 0.221. The Labute approximate surface area is 155 Å². The number of likely N-dealkylation sites (tertiary alicyclic amines) is 1. The minimum absolute atomic E-state index is 0.221. The zero-order valence-corrected chi connectivity index (χ0v) is 15.5. The first-order chi connectivity index (χ1) is 12.6. The van der Waals surface area contributed by atoms with Crippen molar-refractivity contribution in [2.75, 3.05) is 45.9 Å². The van der Waals surface area contributed by atoms with Crippen LogP contribution in [0.3, 0.4) is 0 Å². The molecule has 5 nitrogen and oxygen atoms in total. The molecule has 0 radical (unpaired) electrons. The fourth-order valence-corrected chi connectivity index (χ4v) is 5.00. The summed E-state index contributed by atoms with van der Waals surface area (Å²) in [6.07, 6.45) is 4.72. The second-order valence-electron chi connectivity index (χ2n) is 8.24. The highest BCUT2D eigenvalue weighted by atomic mass is 16.5. The smallest absolute Gasteiger partial charge is 0.233 e. The maximum absolute atomic E-state index is 13.5. The van der Waals surface area contributed by atoms with Gasteiger partial charge in [0.25, 0.3) is 0 Å². The van der Waals surface area contributed by atoms with Gasteiger partial charge >= 0.3 is 0 Å². The van der Waals surface area contributed by atoms with E-state index in [0.29, 0.717) is 26.1 Å². The van der Waals surface area contributed by atoms with E-state index >= 15 is 0 Å². The first-order valence-electron chi connectivity index (χ1n) is 9.99. The van der Waals surface area contributed by atoms with Crippen molar-refractivity contribution in [3.05, 3.63) is 35.9 Å². The molecule has 1 saturated carbocycles. The molecule has 3 fully saturated rings. The fraction of sp³-hybridized carbons (Fsp3) is 0.667. The van der Waals surface area contributed by atoms with Crippen molar-refractivity contribution < 1.29 is 14.6 Å². The molecule has 3 aliphatic rings. The molecule has 0 spiro atoms. The molecule has 5 heteroatoms. The van der Waals surface area contributed by atoms with Crippen molar-refractivity contribution in [3.63, 3.8) is 0 Å². The van der Waals surface area contributed by atoms with Gasteiger partial charge in [-0.2, -0.15) is 0 Å². The van der Waals surface area contributed by atoms with Crippen LogP contribution >= 0.6 is 0 Å². The van der Waals surface area contributed by atoms with Gasteiger partial charge in [-0.1, -0.05) is 43.2 Å². The van der Waals surface area contributed by atoms with Crippen LogP contribution < -0.4 is 0 Å². The van der Waals surface area contributed by atoms with E-state index in [9.17, 15) is 9.90 Å². The lowest BCUT2D eigenvalue weighted by molar-refractivity contribution is -0.137. The number of hydrogen-bond donors (Lipinski definition) is 1. The van der Waals surface area contributed by atoms with Gasteiger partial charge in [0.2, 0.25) is 5.91 Å². The molecule has 1 aromatic rings. The Hall–Kier alpha value is -1.43. The number of aliphatic hydroxyl groups is 1. The predicted octanol–water partition coefficient (Wildman–Crippen LogP) is 1.79. The summed E-state index contributed by atoms with van der Waals surface area (Å²) in [4.78, 5) is 17.7. The normalized spacial score (nSPS) is 29.2. The average Bonchev–Trinajstić information content (AvgIpc) is 3.31. The Bertz CT molecular complexity index is 623. The minimum Gasteiger partial charge on any atom is -0.387 e. The summed E-state index contributed by atoms with van der Waals surface area (Å²) in [6.45, 7) is 4.95. The highest BCUT2D eigenvalue weighted by Gasteiger charge is 2.48. The maximum atomic E-state index is 13.5. The number of rotatable bonds is 4. The van der Waals surface area contributed by atoms with Gasteiger partial charge < -0.3 is 14.7 Å². The van der Waals surface area contributed by atoms with Crippen LogP contribution in [-0.2, 0) is 14.9 Å². The zero-order chi connectivity index (χ0) is 18.0. The molecule has 1 atom stereocenters. The van der Waals surface area contributed by atoms with Crippen LogP contribution in [0.2, 0.25) is 0 Å². The Kier molecular flexibility index (Phi) is 5.04. The van der Waals surface area contributed by atoms with E-state index in [1.165, 1.54) is 0 Å². The number of carbonyl (C=O) groups is 1. The number of benzene rings is 1. The van der Waals surface area contributed by atoms with Crippen molar-refractivity contribution in [1.29, 1.82) is 0 Å². The third kappa shape index (κ3) is 3.40. The van der Waals surface area contributed by atoms with E-state index in [-0.39, 0.29) is 11.3 Å². The quantitative estimate of drug-likeness (QED) is 0.892. The third-order valence-electron chi connectivity index (χ3n) is 6.43. The summed E-state index contributed by atoms with van der Waals surface area (Å²) in [7, 11) is 0. The Morgan fingerprint density at radius 1 is 1.04 bits per heavy atom. The zero-order valence-electron chi connectivity index (χ0n) is 15.5. The molecule has 142 valence electrons.